The van der Waals surface area contributed by atoms with Gasteiger partial charge in [0.25, 0.3) is 15.9 Å². The highest BCUT2D eigenvalue weighted by atomic mass is 32.2. The monoisotopic (exact) mass is 489 g/mol. The Balaban J connectivity index is 1.86. The van der Waals surface area contributed by atoms with Crippen LogP contribution in [0.4, 0.5) is 11.6 Å². The summed E-state index contributed by atoms with van der Waals surface area (Å²) in [5.41, 5.74) is 0.0276. The van der Waals surface area contributed by atoms with Crippen molar-refractivity contribution in [1.82, 2.24) is 14.7 Å². The van der Waals surface area contributed by atoms with Gasteiger partial charge >= 0.3 is 0 Å². The number of nitrogens with zero attached hydrogens (tertiary/aromatic N) is 4. The fraction of sp³-hybridized carbons (Fsp3) is 0.542. The van der Waals surface area contributed by atoms with Crippen LogP contribution in [0, 0.1) is 5.92 Å². The molecule has 0 aromatic carbocycles. The molecule has 1 aliphatic rings. The van der Waals surface area contributed by atoms with E-state index in [1.54, 1.807) is 37.6 Å². The number of pyridine rings is 2. The van der Waals surface area contributed by atoms with Crippen molar-refractivity contribution in [1.29, 1.82) is 0 Å². The number of amides is 1. The van der Waals surface area contributed by atoms with Crippen molar-refractivity contribution >= 4 is 27.6 Å². The molecule has 1 amide bonds. The lowest BCUT2D eigenvalue weighted by molar-refractivity contribution is 0.0981. The Morgan fingerprint density at radius 3 is 2.68 bits per heavy atom. The normalized spacial score (nSPS) is 17.6. The second kappa shape index (κ2) is 10.7. The first-order valence-corrected chi connectivity index (χ1v) is 13.1. The maximum atomic E-state index is 13.2. The van der Waals surface area contributed by atoms with E-state index in [2.05, 4.69) is 40.4 Å². The molecule has 1 unspecified atom stereocenters. The summed E-state index contributed by atoms with van der Waals surface area (Å²) in [6.45, 7) is 10.9. The lowest BCUT2D eigenvalue weighted by Crippen LogP contribution is -2.41. The molecule has 186 valence electrons. The third-order valence-corrected chi connectivity index (χ3v) is 7.19. The predicted octanol–water partition coefficient (Wildman–Crippen LogP) is 3.08. The van der Waals surface area contributed by atoms with E-state index in [1.165, 1.54) is 6.07 Å². The molecule has 1 saturated heterocycles. The smallest absolute Gasteiger partial charge is 0.281 e. The van der Waals surface area contributed by atoms with Crippen LogP contribution in [0.15, 0.2) is 41.6 Å². The maximum absolute atomic E-state index is 13.2. The van der Waals surface area contributed by atoms with E-state index in [4.69, 9.17) is 4.74 Å². The highest BCUT2D eigenvalue weighted by Gasteiger charge is 2.39. The Morgan fingerprint density at radius 1 is 1.26 bits per heavy atom. The molecule has 34 heavy (non-hydrogen) atoms. The third-order valence-electron chi connectivity index (χ3n) is 5.95. The SMILES string of the molecule is CCCN(CCOC)c1cccc(S(=O)(=O)NC(=O)c2cccnc2N2CC(C)CC2(C)C)n1. The molecule has 1 aliphatic heterocycles. The van der Waals surface area contributed by atoms with Crippen molar-refractivity contribution in [3.8, 4) is 0 Å². The highest BCUT2D eigenvalue weighted by Crippen LogP contribution is 2.37. The zero-order valence-corrected chi connectivity index (χ0v) is 21.4. The van der Waals surface area contributed by atoms with Crippen LogP contribution in [0.1, 0.15) is 50.9 Å². The number of anilines is 2. The Labute approximate surface area is 202 Å². The number of hydrogen-bond acceptors (Lipinski definition) is 8. The minimum atomic E-state index is -4.19. The molecule has 1 atom stereocenters. The average Bonchev–Trinajstić information content (AvgIpc) is 3.08. The number of methoxy groups -OCH3 is 1. The minimum Gasteiger partial charge on any atom is -0.383 e. The van der Waals surface area contributed by atoms with Crippen LogP contribution in [0.3, 0.4) is 0 Å². The van der Waals surface area contributed by atoms with E-state index in [1.807, 2.05) is 11.8 Å². The van der Waals surface area contributed by atoms with E-state index in [9.17, 15) is 13.2 Å². The molecular formula is C24H35N5O4S. The quantitative estimate of drug-likeness (QED) is 0.543. The van der Waals surface area contributed by atoms with Gasteiger partial charge in [0.1, 0.15) is 11.6 Å². The zero-order chi connectivity index (χ0) is 24.9. The summed E-state index contributed by atoms with van der Waals surface area (Å²) in [5, 5.41) is -0.211. The number of hydrogen-bond donors (Lipinski definition) is 1. The summed E-state index contributed by atoms with van der Waals surface area (Å²) >= 11 is 0. The highest BCUT2D eigenvalue weighted by molar-refractivity contribution is 7.90. The Kier molecular flexibility index (Phi) is 8.14. The van der Waals surface area contributed by atoms with E-state index in [0.717, 1.165) is 19.4 Å². The standard InChI is InChI=1S/C24H35N5O4S/c1-6-13-28(14-15-33-5)20-10-7-11-21(26-20)34(31,32)27-23(30)19-9-8-12-25-22(19)29-17-18(2)16-24(29,3)4/h7-12,18H,6,13-17H2,1-5H3,(H,27,30). The van der Waals surface area contributed by atoms with Crippen LogP contribution in [0.2, 0.25) is 0 Å². The van der Waals surface area contributed by atoms with Crippen molar-refractivity contribution in [2.24, 2.45) is 5.92 Å². The second-order valence-corrected chi connectivity index (χ2v) is 11.0. The van der Waals surface area contributed by atoms with Crippen LogP contribution >= 0.6 is 0 Å². The number of aromatic nitrogens is 2. The summed E-state index contributed by atoms with van der Waals surface area (Å²) in [5.74, 6) is 0.715. The summed E-state index contributed by atoms with van der Waals surface area (Å²) in [7, 11) is -2.58. The van der Waals surface area contributed by atoms with E-state index in [0.29, 0.717) is 37.3 Å². The van der Waals surface area contributed by atoms with Crippen molar-refractivity contribution < 1.29 is 17.9 Å². The Bertz CT molecular complexity index is 1110. The Hall–Kier alpha value is -2.72. The van der Waals surface area contributed by atoms with Crippen molar-refractivity contribution in [3.05, 3.63) is 42.1 Å². The van der Waals surface area contributed by atoms with Crippen LogP contribution in [0.5, 0.6) is 0 Å². The molecule has 1 N–H and O–H groups in total. The lowest BCUT2D eigenvalue weighted by Gasteiger charge is -2.33. The van der Waals surface area contributed by atoms with Gasteiger partial charge in [-0.2, -0.15) is 8.42 Å². The minimum absolute atomic E-state index is 0.192. The number of ether oxygens (including phenoxy) is 1. The summed E-state index contributed by atoms with van der Waals surface area (Å²) < 4.78 is 33.6. The number of carbonyl (C=O) groups is 1. The summed E-state index contributed by atoms with van der Waals surface area (Å²) in [6, 6.07) is 8.00. The van der Waals surface area contributed by atoms with Crippen molar-refractivity contribution in [2.75, 3.05) is 43.2 Å². The first-order chi connectivity index (χ1) is 16.1. The summed E-state index contributed by atoms with van der Waals surface area (Å²) in [4.78, 5) is 26.0. The van der Waals surface area contributed by atoms with E-state index in [-0.39, 0.29) is 16.1 Å². The second-order valence-electron chi connectivity index (χ2n) is 9.36. The molecule has 9 nitrogen and oxygen atoms in total. The Morgan fingerprint density at radius 2 is 2.03 bits per heavy atom. The van der Waals surface area contributed by atoms with Gasteiger partial charge in [0.2, 0.25) is 0 Å². The first-order valence-electron chi connectivity index (χ1n) is 11.6. The molecule has 0 spiro atoms. The molecule has 2 aromatic heterocycles. The van der Waals surface area contributed by atoms with Gasteiger partial charge in [-0.25, -0.2) is 14.7 Å². The fourth-order valence-electron chi connectivity index (χ4n) is 4.52. The topological polar surface area (TPSA) is 105 Å². The van der Waals surface area contributed by atoms with Gasteiger partial charge in [-0.3, -0.25) is 4.79 Å². The average molecular weight is 490 g/mol. The number of nitrogens with one attached hydrogen (secondary N) is 1. The molecule has 3 rings (SSSR count). The van der Waals surface area contributed by atoms with Gasteiger partial charge in [-0.05, 0) is 56.9 Å². The van der Waals surface area contributed by atoms with Gasteiger partial charge in [0, 0.05) is 38.5 Å². The van der Waals surface area contributed by atoms with E-state index < -0.39 is 15.9 Å². The van der Waals surface area contributed by atoms with Crippen molar-refractivity contribution in [3.63, 3.8) is 0 Å². The zero-order valence-electron chi connectivity index (χ0n) is 20.6. The molecule has 0 aliphatic carbocycles. The molecule has 0 bridgehead atoms. The first kappa shape index (κ1) is 25.9. The van der Waals surface area contributed by atoms with E-state index >= 15 is 0 Å². The molecule has 10 heteroatoms. The molecular weight excluding hydrogens is 454 g/mol. The fourth-order valence-corrected chi connectivity index (χ4v) is 5.45. The van der Waals surface area contributed by atoms with Gasteiger partial charge < -0.3 is 14.5 Å². The van der Waals surface area contributed by atoms with Gasteiger partial charge in [-0.1, -0.05) is 19.9 Å². The number of carbonyl (C=O) groups excluding carboxylic acids is 1. The molecule has 0 saturated carbocycles. The van der Waals surface area contributed by atoms with Crippen molar-refractivity contribution in [2.45, 2.75) is 51.1 Å². The van der Waals surface area contributed by atoms with Gasteiger partial charge in [0.15, 0.2) is 5.03 Å². The predicted molar refractivity (Wildman–Crippen MR) is 133 cm³/mol. The van der Waals surface area contributed by atoms with Crippen LogP contribution < -0.4 is 14.5 Å². The van der Waals surface area contributed by atoms with Gasteiger partial charge in [0.05, 0.1) is 12.2 Å². The largest absolute Gasteiger partial charge is 0.383 e. The summed E-state index contributed by atoms with van der Waals surface area (Å²) in [6.07, 6.45) is 3.44. The van der Waals surface area contributed by atoms with Crippen LogP contribution in [-0.4, -0.2) is 63.2 Å². The lowest BCUT2D eigenvalue weighted by atomic mass is 9.97. The third kappa shape index (κ3) is 5.85. The number of sulfonamides is 1. The van der Waals surface area contributed by atoms with Crippen LogP contribution in [0.25, 0.3) is 0 Å². The van der Waals surface area contributed by atoms with Gasteiger partial charge in [-0.15, -0.1) is 0 Å². The molecule has 3 heterocycles. The van der Waals surface area contributed by atoms with Crippen LogP contribution in [-0.2, 0) is 14.8 Å². The molecule has 0 radical (unpaired) electrons. The molecule has 2 aromatic rings. The molecule has 1 fully saturated rings. The number of rotatable bonds is 10. The maximum Gasteiger partial charge on any atom is 0.281 e.